The zero-order valence-electron chi connectivity index (χ0n) is 27.1. The average molecular weight is 589 g/mol. The number of rotatable bonds is 26. The number of carbonyl (C=O) groups is 3. The van der Waals surface area contributed by atoms with Gasteiger partial charge in [-0.3, -0.25) is 0 Å². The highest BCUT2D eigenvalue weighted by atomic mass is 16.6. The van der Waals surface area contributed by atoms with E-state index in [9.17, 15) is 14.4 Å². The van der Waals surface area contributed by atoms with Crippen LogP contribution in [0.4, 0.5) is 9.59 Å². The molecular weight excluding hydrogens is 526 g/mol. The molecule has 10 heteroatoms. The Morgan fingerprint density at radius 3 is 1.51 bits per heavy atom. The standard InChI is InChI=1S/C31H61N3O7/c1-7-8-9-10-11-12-13-14-15-16-17-18-19-20-21-22-23-32-30(36)40-25-27(38-5)26-41-31(37)33-28(29(35)39-6)24-34(2,3)4/h27-28H,7-26H2,1-6H3,(H-,32,33,36,37)/p+1. The summed E-state index contributed by atoms with van der Waals surface area (Å²) in [6.07, 6.45) is 19.0. The number of hydrogen-bond acceptors (Lipinski definition) is 7. The van der Waals surface area contributed by atoms with Gasteiger partial charge >= 0.3 is 18.2 Å². The van der Waals surface area contributed by atoms with Crippen LogP contribution in [0.5, 0.6) is 0 Å². The van der Waals surface area contributed by atoms with E-state index >= 15 is 0 Å². The van der Waals surface area contributed by atoms with Gasteiger partial charge in [0.2, 0.25) is 0 Å². The van der Waals surface area contributed by atoms with Gasteiger partial charge in [0.05, 0.1) is 28.3 Å². The molecule has 0 saturated carbocycles. The molecular formula is C31H62N3O7+. The molecule has 0 rings (SSSR count). The summed E-state index contributed by atoms with van der Waals surface area (Å²) in [5.74, 6) is -0.553. The molecule has 242 valence electrons. The summed E-state index contributed by atoms with van der Waals surface area (Å²) < 4.78 is 20.8. The molecule has 0 aliphatic carbocycles. The maximum Gasteiger partial charge on any atom is 0.408 e. The van der Waals surface area contributed by atoms with Crippen molar-refractivity contribution in [2.45, 2.75) is 122 Å². The van der Waals surface area contributed by atoms with Gasteiger partial charge in [-0.15, -0.1) is 0 Å². The Bertz CT molecular complexity index is 671. The second-order valence-corrected chi connectivity index (χ2v) is 12.0. The fourth-order valence-corrected chi connectivity index (χ4v) is 4.49. The van der Waals surface area contributed by atoms with Crippen LogP contribution in [0.1, 0.15) is 110 Å². The third-order valence-electron chi connectivity index (χ3n) is 6.94. The fraction of sp³-hybridized carbons (Fsp3) is 0.903. The summed E-state index contributed by atoms with van der Waals surface area (Å²) in [7, 11) is 8.40. The molecule has 0 heterocycles. The van der Waals surface area contributed by atoms with Crippen molar-refractivity contribution in [3.63, 3.8) is 0 Å². The minimum absolute atomic E-state index is 0.0616. The molecule has 0 aliphatic rings. The van der Waals surface area contributed by atoms with Crippen molar-refractivity contribution in [1.82, 2.24) is 10.6 Å². The number of alkyl carbamates (subject to hydrolysis) is 2. The first-order valence-corrected chi connectivity index (χ1v) is 15.9. The Labute approximate surface area is 250 Å². The van der Waals surface area contributed by atoms with E-state index in [1.54, 1.807) is 0 Å². The first-order chi connectivity index (χ1) is 19.6. The zero-order valence-corrected chi connectivity index (χ0v) is 27.1. The topological polar surface area (TPSA) is 112 Å². The molecule has 0 aliphatic heterocycles. The van der Waals surface area contributed by atoms with Gasteiger partial charge < -0.3 is 34.1 Å². The van der Waals surface area contributed by atoms with E-state index in [-0.39, 0.29) is 13.2 Å². The molecule has 0 spiro atoms. The number of esters is 1. The first-order valence-electron chi connectivity index (χ1n) is 15.9. The molecule has 0 saturated heterocycles. The number of hydrogen-bond donors (Lipinski definition) is 2. The normalized spacial score (nSPS) is 12.8. The Hall–Kier alpha value is -2.07. The van der Waals surface area contributed by atoms with Gasteiger partial charge in [-0.05, 0) is 6.42 Å². The zero-order chi connectivity index (χ0) is 30.8. The lowest BCUT2D eigenvalue weighted by Gasteiger charge is -2.28. The number of nitrogens with zero attached hydrogens (tertiary/aromatic N) is 1. The van der Waals surface area contributed by atoms with Gasteiger partial charge in [0, 0.05) is 13.7 Å². The molecule has 2 N–H and O–H groups in total. The van der Waals surface area contributed by atoms with Crippen LogP contribution in [0.25, 0.3) is 0 Å². The van der Waals surface area contributed by atoms with Crippen molar-refractivity contribution < 1.29 is 37.8 Å². The quantitative estimate of drug-likeness (QED) is 0.0555. The van der Waals surface area contributed by atoms with Crippen LogP contribution in [-0.4, -0.2) is 96.5 Å². The number of carbonyl (C=O) groups excluding carboxylic acids is 3. The minimum Gasteiger partial charge on any atom is -0.467 e. The van der Waals surface area contributed by atoms with Gasteiger partial charge in [-0.2, -0.15) is 0 Å². The van der Waals surface area contributed by atoms with Crippen LogP contribution in [-0.2, 0) is 23.7 Å². The van der Waals surface area contributed by atoms with Crippen LogP contribution in [0, 0.1) is 0 Å². The van der Waals surface area contributed by atoms with Crippen LogP contribution in [0.3, 0.4) is 0 Å². The number of likely N-dealkylation sites (N-methyl/N-ethyl adjacent to an activating group) is 1. The third kappa shape index (κ3) is 25.4. The van der Waals surface area contributed by atoms with Gasteiger partial charge in [-0.1, -0.05) is 103 Å². The lowest BCUT2D eigenvalue weighted by atomic mass is 10.0. The molecule has 41 heavy (non-hydrogen) atoms. The Kier molecular flexibility index (Phi) is 24.3. The molecule has 10 nitrogen and oxygen atoms in total. The predicted molar refractivity (Wildman–Crippen MR) is 163 cm³/mol. The summed E-state index contributed by atoms with van der Waals surface area (Å²) in [5, 5.41) is 5.27. The number of methoxy groups -OCH3 is 2. The smallest absolute Gasteiger partial charge is 0.408 e. The van der Waals surface area contributed by atoms with Crippen molar-refractivity contribution >= 4 is 18.2 Å². The Morgan fingerprint density at radius 1 is 0.659 bits per heavy atom. The lowest BCUT2D eigenvalue weighted by molar-refractivity contribution is -0.870. The SMILES string of the molecule is CCCCCCCCCCCCCCCCCCNC(=O)OCC(COC(=O)NC(C[N+](C)(C)C)C(=O)OC)OC. The number of unbranched alkanes of at least 4 members (excludes halogenated alkanes) is 15. The maximum atomic E-state index is 12.2. The van der Waals surface area contributed by atoms with Crippen LogP contribution >= 0.6 is 0 Å². The predicted octanol–water partition coefficient (Wildman–Crippen LogP) is 5.96. The van der Waals surface area contributed by atoms with Crippen LogP contribution in [0.15, 0.2) is 0 Å². The van der Waals surface area contributed by atoms with Crippen molar-refractivity contribution in [2.75, 3.05) is 61.7 Å². The van der Waals surface area contributed by atoms with Crippen molar-refractivity contribution in [3.8, 4) is 0 Å². The van der Waals surface area contributed by atoms with E-state index in [0.29, 0.717) is 17.6 Å². The van der Waals surface area contributed by atoms with Gasteiger partial charge in [-0.25, -0.2) is 14.4 Å². The average Bonchev–Trinajstić information content (AvgIpc) is 2.93. The first kappa shape index (κ1) is 38.9. The second-order valence-electron chi connectivity index (χ2n) is 12.0. The fourth-order valence-electron chi connectivity index (χ4n) is 4.49. The van der Waals surface area contributed by atoms with E-state index in [2.05, 4.69) is 17.6 Å². The molecule has 0 bridgehead atoms. The van der Waals surface area contributed by atoms with E-state index in [0.717, 1.165) is 12.8 Å². The number of amides is 2. The summed E-state index contributed by atoms with van der Waals surface area (Å²) in [5.41, 5.74) is 0. The molecule has 0 aromatic carbocycles. The van der Waals surface area contributed by atoms with Gasteiger partial charge in [0.15, 0.2) is 6.04 Å². The minimum atomic E-state index is -0.847. The molecule has 2 amide bonds. The Balaban J connectivity index is 3.78. The van der Waals surface area contributed by atoms with Crippen molar-refractivity contribution in [2.24, 2.45) is 0 Å². The van der Waals surface area contributed by atoms with Gasteiger partial charge in [0.25, 0.3) is 0 Å². The molecule has 0 aromatic rings. The highest BCUT2D eigenvalue weighted by Gasteiger charge is 2.28. The second kappa shape index (κ2) is 25.6. The summed E-state index contributed by atoms with van der Waals surface area (Å²) >= 11 is 0. The lowest BCUT2D eigenvalue weighted by Crippen LogP contribution is -2.53. The molecule has 0 aromatic heterocycles. The highest BCUT2D eigenvalue weighted by molar-refractivity contribution is 5.81. The molecule has 2 unspecified atom stereocenters. The van der Waals surface area contributed by atoms with Gasteiger partial charge in [0.1, 0.15) is 25.9 Å². The molecule has 0 fully saturated rings. The summed E-state index contributed by atoms with van der Waals surface area (Å²) in [6.45, 7) is 2.97. The van der Waals surface area contributed by atoms with Crippen LogP contribution in [0.2, 0.25) is 0 Å². The molecule has 2 atom stereocenters. The van der Waals surface area contributed by atoms with E-state index in [1.807, 2.05) is 21.1 Å². The van der Waals surface area contributed by atoms with Crippen LogP contribution < -0.4 is 10.6 Å². The number of nitrogens with one attached hydrogen (secondary N) is 2. The summed E-state index contributed by atoms with van der Waals surface area (Å²) in [6, 6.07) is -0.847. The third-order valence-corrected chi connectivity index (χ3v) is 6.94. The van der Waals surface area contributed by atoms with Crippen molar-refractivity contribution in [3.05, 3.63) is 0 Å². The van der Waals surface area contributed by atoms with E-state index in [4.69, 9.17) is 18.9 Å². The number of ether oxygens (including phenoxy) is 4. The number of quaternary nitrogens is 1. The monoisotopic (exact) mass is 588 g/mol. The maximum absolute atomic E-state index is 12.2. The van der Waals surface area contributed by atoms with E-state index < -0.39 is 30.3 Å². The largest absolute Gasteiger partial charge is 0.467 e. The summed E-state index contributed by atoms with van der Waals surface area (Å²) in [4.78, 5) is 36.1. The highest BCUT2D eigenvalue weighted by Crippen LogP contribution is 2.13. The van der Waals surface area contributed by atoms with Crippen molar-refractivity contribution in [1.29, 1.82) is 0 Å². The van der Waals surface area contributed by atoms with E-state index in [1.165, 1.54) is 104 Å². The Morgan fingerprint density at radius 2 is 1.10 bits per heavy atom. The molecule has 0 radical (unpaired) electrons.